The van der Waals surface area contributed by atoms with Gasteiger partial charge in [0.1, 0.15) is 5.00 Å². The highest BCUT2D eigenvalue weighted by Gasteiger charge is 2.14. The summed E-state index contributed by atoms with van der Waals surface area (Å²) in [5.41, 5.74) is 7.02. The van der Waals surface area contributed by atoms with Gasteiger partial charge >= 0.3 is 0 Å². The fourth-order valence-electron chi connectivity index (χ4n) is 1.60. The maximum absolute atomic E-state index is 12.1. The Hall–Kier alpha value is -2.14. The number of carbonyl (C=O) groups excluding carboxylic acids is 2. The average Bonchev–Trinajstić information content (AvgIpc) is 2.77. The third kappa shape index (κ3) is 2.41. The molecule has 18 heavy (non-hydrogen) atoms. The largest absolute Gasteiger partial charge is 0.366 e. The van der Waals surface area contributed by atoms with Gasteiger partial charge in [0.05, 0.1) is 5.56 Å². The van der Waals surface area contributed by atoms with Crippen LogP contribution in [-0.2, 0) is 0 Å². The normalized spacial score (nSPS) is 10.1. The van der Waals surface area contributed by atoms with Crippen LogP contribution in [0.15, 0.2) is 35.7 Å². The number of amides is 2. The van der Waals surface area contributed by atoms with E-state index < -0.39 is 5.91 Å². The van der Waals surface area contributed by atoms with Crippen LogP contribution in [0.1, 0.15) is 26.3 Å². The maximum atomic E-state index is 12.1. The van der Waals surface area contributed by atoms with Crippen LogP contribution in [0.2, 0.25) is 0 Å². The van der Waals surface area contributed by atoms with E-state index in [0.717, 1.165) is 5.56 Å². The lowest BCUT2D eigenvalue weighted by molar-refractivity contribution is 0.100. The zero-order chi connectivity index (χ0) is 13.1. The van der Waals surface area contributed by atoms with Crippen LogP contribution in [0.4, 0.5) is 5.00 Å². The van der Waals surface area contributed by atoms with Crippen molar-refractivity contribution in [1.82, 2.24) is 0 Å². The SMILES string of the molecule is Cc1ccccc1C(=O)Nc1sccc1C(N)=O. The number of rotatable bonds is 3. The number of hydrogen-bond donors (Lipinski definition) is 2. The van der Waals surface area contributed by atoms with Gasteiger partial charge in [0, 0.05) is 5.56 Å². The second-order valence-electron chi connectivity index (χ2n) is 3.80. The fourth-order valence-corrected chi connectivity index (χ4v) is 2.39. The minimum atomic E-state index is -0.545. The van der Waals surface area contributed by atoms with Gasteiger partial charge in [0.2, 0.25) is 0 Å². The number of primary amides is 1. The van der Waals surface area contributed by atoms with Crippen LogP contribution in [-0.4, -0.2) is 11.8 Å². The van der Waals surface area contributed by atoms with E-state index >= 15 is 0 Å². The lowest BCUT2D eigenvalue weighted by Crippen LogP contribution is -2.17. The number of nitrogens with one attached hydrogen (secondary N) is 1. The van der Waals surface area contributed by atoms with Crippen LogP contribution in [0, 0.1) is 6.92 Å². The van der Waals surface area contributed by atoms with Gasteiger partial charge in [-0.05, 0) is 30.0 Å². The Morgan fingerprint density at radius 3 is 2.56 bits per heavy atom. The molecule has 0 fully saturated rings. The van der Waals surface area contributed by atoms with E-state index in [2.05, 4.69) is 5.32 Å². The van der Waals surface area contributed by atoms with Gasteiger partial charge in [-0.15, -0.1) is 11.3 Å². The maximum Gasteiger partial charge on any atom is 0.256 e. The minimum absolute atomic E-state index is 0.238. The van der Waals surface area contributed by atoms with Crippen molar-refractivity contribution < 1.29 is 9.59 Å². The third-order valence-electron chi connectivity index (χ3n) is 2.55. The summed E-state index contributed by atoms with van der Waals surface area (Å²) in [6, 6.07) is 8.86. The summed E-state index contributed by atoms with van der Waals surface area (Å²) in [5, 5.41) is 4.91. The van der Waals surface area contributed by atoms with Crippen LogP contribution in [0.25, 0.3) is 0 Å². The molecule has 0 aliphatic heterocycles. The molecule has 2 aromatic rings. The second kappa shape index (κ2) is 5.01. The van der Waals surface area contributed by atoms with Crippen molar-refractivity contribution in [2.75, 3.05) is 5.32 Å². The van der Waals surface area contributed by atoms with Gasteiger partial charge < -0.3 is 11.1 Å². The highest BCUT2D eigenvalue weighted by atomic mass is 32.1. The van der Waals surface area contributed by atoms with Crippen molar-refractivity contribution in [3.63, 3.8) is 0 Å². The standard InChI is InChI=1S/C13H12N2O2S/c1-8-4-2-3-5-9(8)12(17)15-13-10(11(14)16)6-7-18-13/h2-7H,1H3,(H2,14,16)(H,15,17). The molecular formula is C13H12N2O2S. The Bertz CT molecular complexity index is 605. The average molecular weight is 260 g/mol. The summed E-state index contributed by atoms with van der Waals surface area (Å²) in [5.74, 6) is -0.783. The molecule has 0 atom stereocenters. The molecule has 1 aromatic heterocycles. The number of anilines is 1. The van der Waals surface area contributed by atoms with Gasteiger partial charge in [-0.1, -0.05) is 18.2 Å². The minimum Gasteiger partial charge on any atom is -0.366 e. The number of thiophene rings is 1. The molecule has 5 heteroatoms. The van der Waals surface area contributed by atoms with Gasteiger partial charge in [-0.2, -0.15) is 0 Å². The highest BCUT2D eigenvalue weighted by Crippen LogP contribution is 2.23. The Morgan fingerprint density at radius 1 is 1.17 bits per heavy atom. The molecule has 92 valence electrons. The summed E-state index contributed by atoms with van der Waals surface area (Å²) >= 11 is 1.27. The van der Waals surface area contributed by atoms with Gasteiger partial charge in [0.25, 0.3) is 11.8 Å². The van der Waals surface area contributed by atoms with Crippen LogP contribution in [0.5, 0.6) is 0 Å². The molecule has 2 rings (SSSR count). The molecule has 1 heterocycles. The quantitative estimate of drug-likeness (QED) is 0.889. The van der Waals surface area contributed by atoms with Crippen molar-refractivity contribution in [3.8, 4) is 0 Å². The molecule has 0 saturated carbocycles. The van der Waals surface area contributed by atoms with Crippen molar-refractivity contribution in [1.29, 1.82) is 0 Å². The Morgan fingerprint density at radius 2 is 1.89 bits per heavy atom. The number of nitrogens with two attached hydrogens (primary N) is 1. The smallest absolute Gasteiger partial charge is 0.256 e. The summed E-state index contributed by atoms with van der Waals surface area (Å²) in [4.78, 5) is 23.2. The Labute approximate surface area is 108 Å². The summed E-state index contributed by atoms with van der Waals surface area (Å²) in [7, 11) is 0. The van der Waals surface area contributed by atoms with E-state index in [1.54, 1.807) is 23.6 Å². The predicted molar refractivity (Wildman–Crippen MR) is 72.0 cm³/mol. The van der Waals surface area contributed by atoms with E-state index in [0.29, 0.717) is 16.1 Å². The second-order valence-corrected chi connectivity index (χ2v) is 4.71. The van der Waals surface area contributed by atoms with Gasteiger partial charge in [-0.25, -0.2) is 0 Å². The first kappa shape index (κ1) is 12.3. The van der Waals surface area contributed by atoms with Crippen molar-refractivity contribution in [3.05, 3.63) is 52.4 Å². The van der Waals surface area contributed by atoms with E-state index in [4.69, 9.17) is 5.73 Å². The molecule has 0 radical (unpaired) electrons. The lowest BCUT2D eigenvalue weighted by atomic mass is 10.1. The molecule has 2 amide bonds. The summed E-state index contributed by atoms with van der Waals surface area (Å²) < 4.78 is 0. The molecule has 0 spiro atoms. The van der Waals surface area contributed by atoms with Crippen LogP contribution < -0.4 is 11.1 Å². The van der Waals surface area contributed by atoms with Crippen LogP contribution >= 0.6 is 11.3 Å². The fraction of sp³-hybridized carbons (Fsp3) is 0.0769. The first-order valence-electron chi connectivity index (χ1n) is 5.34. The van der Waals surface area contributed by atoms with Crippen molar-refractivity contribution in [2.24, 2.45) is 5.73 Å². The van der Waals surface area contributed by atoms with Crippen LogP contribution in [0.3, 0.4) is 0 Å². The molecule has 4 nitrogen and oxygen atoms in total. The molecular weight excluding hydrogens is 248 g/mol. The topological polar surface area (TPSA) is 72.2 Å². The Balaban J connectivity index is 2.25. The van der Waals surface area contributed by atoms with Gasteiger partial charge in [-0.3, -0.25) is 9.59 Å². The summed E-state index contributed by atoms with van der Waals surface area (Å²) in [6.07, 6.45) is 0. The van der Waals surface area contributed by atoms with E-state index in [1.807, 2.05) is 19.1 Å². The Kier molecular flexibility index (Phi) is 3.43. The molecule has 0 aliphatic rings. The molecule has 0 saturated heterocycles. The number of benzene rings is 1. The number of aryl methyl sites for hydroxylation is 1. The highest BCUT2D eigenvalue weighted by molar-refractivity contribution is 7.14. The summed E-state index contributed by atoms with van der Waals surface area (Å²) in [6.45, 7) is 1.86. The zero-order valence-corrected chi connectivity index (χ0v) is 10.6. The molecule has 1 aromatic carbocycles. The molecule has 0 bridgehead atoms. The van der Waals surface area contributed by atoms with Crippen molar-refractivity contribution in [2.45, 2.75) is 6.92 Å². The molecule has 3 N–H and O–H groups in total. The molecule has 0 unspecified atom stereocenters. The van der Waals surface area contributed by atoms with E-state index in [-0.39, 0.29) is 5.91 Å². The first-order chi connectivity index (χ1) is 8.59. The van der Waals surface area contributed by atoms with Gasteiger partial charge in [0.15, 0.2) is 0 Å². The number of hydrogen-bond acceptors (Lipinski definition) is 3. The van der Waals surface area contributed by atoms with E-state index in [1.165, 1.54) is 11.3 Å². The monoisotopic (exact) mass is 260 g/mol. The zero-order valence-electron chi connectivity index (χ0n) is 9.77. The predicted octanol–water partition coefficient (Wildman–Crippen LogP) is 2.41. The molecule has 0 aliphatic carbocycles. The van der Waals surface area contributed by atoms with Crippen molar-refractivity contribution >= 4 is 28.2 Å². The first-order valence-corrected chi connectivity index (χ1v) is 6.22. The van der Waals surface area contributed by atoms with E-state index in [9.17, 15) is 9.59 Å². The number of carbonyl (C=O) groups is 2. The lowest BCUT2D eigenvalue weighted by Gasteiger charge is -2.06. The third-order valence-corrected chi connectivity index (χ3v) is 3.38.